The van der Waals surface area contributed by atoms with Crippen molar-refractivity contribution in [2.75, 3.05) is 21.8 Å². The summed E-state index contributed by atoms with van der Waals surface area (Å²) in [4.78, 5) is -0.0353. The molecule has 0 amide bonds. The van der Waals surface area contributed by atoms with Gasteiger partial charge in [0.25, 0.3) is 10.0 Å². The maximum Gasteiger partial charge on any atom is 0.261 e. The molecule has 6 nitrogen and oxygen atoms in total. The van der Waals surface area contributed by atoms with Gasteiger partial charge in [-0.25, -0.2) is 21.2 Å². The Hall–Kier alpha value is -2.13. The SMILES string of the molecule is Cc1cc(S(=O)(=O)Nc2ccc3c(c2)CCCN3S(C)(=O)=O)ccc1F. The van der Waals surface area contributed by atoms with Crippen LogP contribution in [0.15, 0.2) is 41.3 Å². The predicted molar refractivity (Wildman–Crippen MR) is 98.9 cm³/mol. The lowest BCUT2D eigenvalue weighted by atomic mass is 10.0. The molecule has 0 atom stereocenters. The maximum absolute atomic E-state index is 13.4. The van der Waals surface area contributed by atoms with Crippen LogP contribution in [0.4, 0.5) is 15.8 Å². The molecule has 0 aliphatic carbocycles. The fraction of sp³-hybridized carbons (Fsp3) is 0.294. The topological polar surface area (TPSA) is 83.6 Å². The van der Waals surface area contributed by atoms with Gasteiger partial charge in [-0.2, -0.15) is 0 Å². The Morgan fingerprint density at radius 3 is 2.46 bits per heavy atom. The largest absolute Gasteiger partial charge is 0.280 e. The molecule has 0 radical (unpaired) electrons. The highest BCUT2D eigenvalue weighted by atomic mass is 32.2. The van der Waals surface area contributed by atoms with Gasteiger partial charge < -0.3 is 0 Å². The molecule has 26 heavy (non-hydrogen) atoms. The fourth-order valence-corrected chi connectivity index (χ4v) is 5.10. The molecular formula is C17H19FN2O4S2. The number of anilines is 2. The van der Waals surface area contributed by atoms with Crippen LogP contribution >= 0.6 is 0 Å². The van der Waals surface area contributed by atoms with Crippen LogP contribution in [-0.2, 0) is 26.5 Å². The van der Waals surface area contributed by atoms with E-state index in [2.05, 4.69) is 4.72 Å². The first-order chi connectivity index (χ1) is 12.1. The number of sulfonamides is 2. The van der Waals surface area contributed by atoms with Gasteiger partial charge in [-0.05, 0) is 67.3 Å². The summed E-state index contributed by atoms with van der Waals surface area (Å²) in [6.07, 6.45) is 2.47. The van der Waals surface area contributed by atoms with E-state index in [9.17, 15) is 21.2 Å². The summed E-state index contributed by atoms with van der Waals surface area (Å²) < 4.78 is 66.0. The summed E-state index contributed by atoms with van der Waals surface area (Å²) >= 11 is 0. The van der Waals surface area contributed by atoms with E-state index in [0.29, 0.717) is 30.8 Å². The minimum atomic E-state index is -3.87. The lowest BCUT2D eigenvalue weighted by Gasteiger charge is -2.29. The van der Waals surface area contributed by atoms with Crippen molar-refractivity contribution in [2.45, 2.75) is 24.7 Å². The zero-order chi connectivity index (χ0) is 19.1. The summed E-state index contributed by atoms with van der Waals surface area (Å²) in [7, 11) is -7.25. The van der Waals surface area contributed by atoms with Crippen LogP contribution in [0, 0.1) is 12.7 Å². The molecule has 0 fully saturated rings. The first kappa shape index (κ1) is 18.7. The van der Waals surface area contributed by atoms with E-state index in [4.69, 9.17) is 0 Å². The van der Waals surface area contributed by atoms with Gasteiger partial charge in [-0.1, -0.05) is 0 Å². The third-order valence-electron chi connectivity index (χ3n) is 4.25. The van der Waals surface area contributed by atoms with Crippen molar-refractivity contribution in [2.24, 2.45) is 0 Å². The van der Waals surface area contributed by atoms with Gasteiger partial charge in [-0.3, -0.25) is 9.03 Å². The summed E-state index contributed by atoms with van der Waals surface area (Å²) in [5, 5.41) is 0. The Balaban J connectivity index is 1.93. The first-order valence-electron chi connectivity index (χ1n) is 7.97. The molecule has 1 heterocycles. The van der Waals surface area contributed by atoms with Crippen LogP contribution in [0.1, 0.15) is 17.5 Å². The molecule has 1 N–H and O–H groups in total. The lowest BCUT2D eigenvalue weighted by Crippen LogP contribution is -2.34. The van der Waals surface area contributed by atoms with E-state index in [1.165, 1.54) is 29.4 Å². The molecule has 0 saturated heterocycles. The van der Waals surface area contributed by atoms with Crippen molar-refractivity contribution in [3.05, 3.63) is 53.3 Å². The van der Waals surface area contributed by atoms with Crippen LogP contribution < -0.4 is 9.03 Å². The van der Waals surface area contributed by atoms with Crippen molar-refractivity contribution >= 4 is 31.4 Å². The van der Waals surface area contributed by atoms with Gasteiger partial charge in [0.2, 0.25) is 10.0 Å². The first-order valence-corrected chi connectivity index (χ1v) is 11.3. The molecule has 0 spiro atoms. The minimum Gasteiger partial charge on any atom is -0.280 e. The van der Waals surface area contributed by atoms with Crippen molar-refractivity contribution < 1.29 is 21.2 Å². The fourth-order valence-electron chi connectivity index (χ4n) is 2.97. The molecule has 0 unspecified atom stereocenters. The van der Waals surface area contributed by atoms with Crippen molar-refractivity contribution in [3.63, 3.8) is 0 Å². The van der Waals surface area contributed by atoms with Crippen molar-refractivity contribution in [1.29, 1.82) is 0 Å². The van der Waals surface area contributed by atoms with Gasteiger partial charge in [0.1, 0.15) is 5.82 Å². The zero-order valence-corrected chi connectivity index (χ0v) is 16.0. The summed E-state index contributed by atoms with van der Waals surface area (Å²) in [5.41, 5.74) is 1.90. The molecule has 3 rings (SSSR count). The highest BCUT2D eigenvalue weighted by Crippen LogP contribution is 2.32. The third-order valence-corrected chi connectivity index (χ3v) is 6.81. The quantitative estimate of drug-likeness (QED) is 0.858. The lowest BCUT2D eigenvalue weighted by molar-refractivity contribution is 0.591. The van der Waals surface area contributed by atoms with E-state index in [-0.39, 0.29) is 10.5 Å². The molecular weight excluding hydrogens is 379 g/mol. The van der Waals surface area contributed by atoms with Crippen LogP contribution in [0.3, 0.4) is 0 Å². The second kappa shape index (κ2) is 6.55. The average Bonchev–Trinajstić information content (AvgIpc) is 2.55. The van der Waals surface area contributed by atoms with Gasteiger partial charge in [0.05, 0.1) is 16.8 Å². The number of fused-ring (bicyclic) bond motifs is 1. The number of rotatable bonds is 4. The molecule has 1 aliphatic rings. The zero-order valence-electron chi connectivity index (χ0n) is 14.4. The van der Waals surface area contributed by atoms with Gasteiger partial charge >= 0.3 is 0 Å². The standard InChI is InChI=1S/C17H19FN2O4S2/c1-12-10-15(6-7-16(12)18)26(23,24)19-14-5-8-17-13(11-14)4-3-9-20(17)25(2,21)22/h5-8,10-11,19H,3-4,9H2,1-2H3. The normalized spacial score (nSPS) is 14.8. The molecule has 9 heteroatoms. The number of nitrogens with zero attached hydrogens (tertiary/aromatic N) is 1. The molecule has 0 aromatic heterocycles. The van der Waals surface area contributed by atoms with E-state index < -0.39 is 25.9 Å². The van der Waals surface area contributed by atoms with Crippen molar-refractivity contribution in [1.82, 2.24) is 0 Å². The van der Waals surface area contributed by atoms with Gasteiger partial charge in [0.15, 0.2) is 0 Å². The summed E-state index contributed by atoms with van der Waals surface area (Å²) in [6, 6.07) is 8.34. The van der Waals surface area contributed by atoms with E-state index in [0.717, 1.165) is 17.9 Å². The summed E-state index contributed by atoms with van der Waals surface area (Å²) in [5.74, 6) is -0.474. The van der Waals surface area contributed by atoms with Crippen LogP contribution in [-0.4, -0.2) is 29.6 Å². The second-order valence-corrected chi connectivity index (χ2v) is 9.89. The highest BCUT2D eigenvalue weighted by molar-refractivity contribution is 7.92. The molecule has 0 bridgehead atoms. The highest BCUT2D eigenvalue weighted by Gasteiger charge is 2.24. The predicted octanol–water partition coefficient (Wildman–Crippen LogP) is 2.65. The molecule has 2 aromatic carbocycles. The Morgan fingerprint density at radius 1 is 1.08 bits per heavy atom. The van der Waals surface area contributed by atoms with Crippen LogP contribution in [0.2, 0.25) is 0 Å². The average molecular weight is 398 g/mol. The van der Waals surface area contributed by atoms with Crippen LogP contribution in [0.5, 0.6) is 0 Å². The molecule has 1 aliphatic heterocycles. The van der Waals surface area contributed by atoms with Gasteiger partial charge in [0, 0.05) is 12.2 Å². The Labute approximate surface area is 152 Å². The number of hydrogen-bond acceptors (Lipinski definition) is 4. The number of nitrogens with one attached hydrogen (secondary N) is 1. The minimum absolute atomic E-state index is 0.0353. The number of aryl methyl sites for hydroxylation is 2. The molecule has 2 aromatic rings. The van der Waals surface area contributed by atoms with Crippen molar-refractivity contribution in [3.8, 4) is 0 Å². The Morgan fingerprint density at radius 2 is 1.81 bits per heavy atom. The number of benzene rings is 2. The molecule has 0 saturated carbocycles. The Bertz CT molecular complexity index is 1070. The number of halogens is 1. The Kier molecular flexibility index (Phi) is 4.70. The van der Waals surface area contributed by atoms with E-state index >= 15 is 0 Å². The molecule has 140 valence electrons. The third kappa shape index (κ3) is 3.68. The number of hydrogen-bond donors (Lipinski definition) is 1. The second-order valence-electron chi connectivity index (χ2n) is 6.30. The van der Waals surface area contributed by atoms with Crippen LogP contribution in [0.25, 0.3) is 0 Å². The van der Waals surface area contributed by atoms with Gasteiger partial charge in [-0.15, -0.1) is 0 Å². The van der Waals surface area contributed by atoms with E-state index in [1.807, 2.05) is 0 Å². The maximum atomic E-state index is 13.4. The van der Waals surface area contributed by atoms with E-state index in [1.54, 1.807) is 12.1 Å². The smallest absolute Gasteiger partial charge is 0.261 e. The monoisotopic (exact) mass is 398 g/mol. The summed E-state index contributed by atoms with van der Waals surface area (Å²) in [6.45, 7) is 1.90.